The number of hydrogen-bond acceptors (Lipinski definition) is 4. The molecule has 0 aliphatic heterocycles. The van der Waals surface area contributed by atoms with Crippen molar-refractivity contribution in [2.75, 3.05) is 14.2 Å². The summed E-state index contributed by atoms with van der Waals surface area (Å²) in [5.41, 5.74) is 0.811. The summed E-state index contributed by atoms with van der Waals surface area (Å²) in [5.74, 6) is 0.346. The molecule has 26 heavy (non-hydrogen) atoms. The van der Waals surface area contributed by atoms with E-state index in [1.54, 1.807) is 20.3 Å². The van der Waals surface area contributed by atoms with E-state index in [1.807, 2.05) is 60.7 Å². The summed E-state index contributed by atoms with van der Waals surface area (Å²) in [7, 11) is 3.19. The van der Waals surface area contributed by atoms with Crippen molar-refractivity contribution in [2.24, 2.45) is 0 Å². The Kier molecular flexibility index (Phi) is 5.49. The zero-order chi connectivity index (χ0) is 18.5. The van der Waals surface area contributed by atoms with E-state index in [0.717, 1.165) is 21.2 Å². The van der Waals surface area contributed by atoms with Gasteiger partial charge < -0.3 is 14.6 Å². The molecule has 3 aromatic carbocycles. The van der Waals surface area contributed by atoms with E-state index < -0.39 is 5.97 Å². The lowest BCUT2D eigenvalue weighted by Gasteiger charge is -2.10. The van der Waals surface area contributed by atoms with E-state index in [9.17, 15) is 9.90 Å². The van der Waals surface area contributed by atoms with Crippen LogP contribution in [0.2, 0.25) is 0 Å². The minimum atomic E-state index is -0.953. The normalized spacial score (nSPS) is 11.4. The first kappa shape index (κ1) is 17.9. The minimum absolute atomic E-state index is 0.260. The van der Waals surface area contributed by atoms with Gasteiger partial charge in [0, 0.05) is 4.90 Å². The van der Waals surface area contributed by atoms with Crippen LogP contribution in [0.1, 0.15) is 5.56 Å². The first-order chi connectivity index (χ1) is 12.6. The first-order valence-electron chi connectivity index (χ1n) is 7.94. The third kappa shape index (κ3) is 4.00. The van der Waals surface area contributed by atoms with Gasteiger partial charge in [0.05, 0.1) is 19.1 Å². The number of rotatable bonds is 6. The Balaban J connectivity index is 1.99. The Morgan fingerprint density at radius 3 is 2.19 bits per heavy atom. The second-order valence-electron chi connectivity index (χ2n) is 5.54. The standard InChI is InChI=1S/C21H18O4S/c1-24-18-12-15-9-8-14(10-16(15)13-19(18)25-2)11-20(21(22)23)26-17-6-4-3-5-7-17/h3-13H,1-2H3,(H,22,23)/b20-11-. The van der Waals surface area contributed by atoms with Crippen LogP contribution >= 0.6 is 11.8 Å². The summed E-state index contributed by atoms with van der Waals surface area (Å²) in [6, 6.07) is 19.0. The zero-order valence-corrected chi connectivity index (χ0v) is 15.2. The maximum absolute atomic E-state index is 11.6. The van der Waals surface area contributed by atoms with Gasteiger partial charge in [0.1, 0.15) is 0 Å². The van der Waals surface area contributed by atoms with Crippen LogP contribution in [-0.4, -0.2) is 25.3 Å². The fourth-order valence-electron chi connectivity index (χ4n) is 2.58. The molecule has 3 aromatic rings. The number of benzene rings is 3. The third-order valence-electron chi connectivity index (χ3n) is 3.85. The molecule has 4 nitrogen and oxygen atoms in total. The van der Waals surface area contributed by atoms with Crippen LogP contribution in [-0.2, 0) is 4.79 Å². The number of ether oxygens (including phenoxy) is 2. The molecule has 0 saturated heterocycles. The highest BCUT2D eigenvalue weighted by Crippen LogP contribution is 2.33. The summed E-state index contributed by atoms with van der Waals surface area (Å²) in [6.07, 6.45) is 1.68. The fourth-order valence-corrected chi connectivity index (χ4v) is 3.41. The molecule has 0 fully saturated rings. The predicted molar refractivity (Wildman–Crippen MR) is 105 cm³/mol. The summed E-state index contributed by atoms with van der Waals surface area (Å²) in [4.78, 5) is 12.8. The largest absolute Gasteiger partial charge is 0.493 e. The molecule has 0 bridgehead atoms. The Morgan fingerprint density at radius 2 is 1.58 bits per heavy atom. The average Bonchev–Trinajstić information content (AvgIpc) is 2.67. The van der Waals surface area contributed by atoms with Crippen LogP contribution in [0.15, 0.2) is 70.5 Å². The van der Waals surface area contributed by atoms with Gasteiger partial charge in [-0.15, -0.1) is 0 Å². The predicted octanol–water partition coefficient (Wildman–Crippen LogP) is 5.07. The lowest BCUT2D eigenvalue weighted by Crippen LogP contribution is -1.96. The van der Waals surface area contributed by atoms with E-state index in [4.69, 9.17) is 9.47 Å². The van der Waals surface area contributed by atoms with E-state index in [1.165, 1.54) is 11.8 Å². The maximum atomic E-state index is 11.6. The van der Waals surface area contributed by atoms with Crippen LogP contribution in [0.5, 0.6) is 11.5 Å². The molecule has 0 amide bonds. The number of carboxylic acids is 1. The van der Waals surface area contributed by atoms with Crippen molar-refractivity contribution >= 4 is 34.6 Å². The van der Waals surface area contributed by atoms with Gasteiger partial charge in [-0.1, -0.05) is 42.1 Å². The lowest BCUT2D eigenvalue weighted by molar-refractivity contribution is -0.131. The molecule has 0 atom stereocenters. The van der Waals surface area contributed by atoms with Crippen molar-refractivity contribution in [2.45, 2.75) is 4.90 Å². The number of fused-ring (bicyclic) bond motifs is 1. The second-order valence-corrected chi connectivity index (χ2v) is 6.66. The second kappa shape index (κ2) is 7.97. The molecular formula is C21H18O4S. The highest BCUT2D eigenvalue weighted by atomic mass is 32.2. The quantitative estimate of drug-likeness (QED) is 0.487. The molecule has 132 valence electrons. The number of thioether (sulfide) groups is 1. The van der Waals surface area contributed by atoms with Gasteiger partial charge in [0.25, 0.3) is 0 Å². The maximum Gasteiger partial charge on any atom is 0.342 e. The number of methoxy groups -OCH3 is 2. The molecule has 0 spiro atoms. The van der Waals surface area contributed by atoms with E-state index in [2.05, 4.69) is 0 Å². The van der Waals surface area contributed by atoms with Crippen LogP contribution in [0.25, 0.3) is 16.8 Å². The number of hydrogen-bond donors (Lipinski definition) is 1. The molecule has 0 radical (unpaired) electrons. The molecule has 0 aliphatic rings. The molecule has 5 heteroatoms. The van der Waals surface area contributed by atoms with Gasteiger partial charge in [0.2, 0.25) is 0 Å². The van der Waals surface area contributed by atoms with Gasteiger partial charge in [-0.25, -0.2) is 4.79 Å². The number of carbonyl (C=O) groups is 1. The van der Waals surface area contributed by atoms with Crippen molar-refractivity contribution < 1.29 is 19.4 Å². The molecule has 3 rings (SSSR count). The summed E-state index contributed by atoms with van der Waals surface area (Å²) >= 11 is 1.23. The third-order valence-corrected chi connectivity index (χ3v) is 4.87. The molecular weight excluding hydrogens is 348 g/mol. The topological polar surface area (TPSA) is 55.8 Å². The van der Waals surface area contributed by atoms with Crippen LogP contribution in [0, 0.1) is 0 Å². The van der Waals surface area contributed by atoms with E-state index >= 15 is 0 Å². The fraction of sp³-hybridized carbons (Fsp3) is 0.0952. The van der Waals surface area contributed by atoms with E-state index in [0.29, 0.717) is 11.5 Å². The Bertz CT molecular complexity index is 964. The molecule has 0 saturated carbocycles. The highest BCUT2D eigenvalue weighted by molar-refractivity contribution is 8.04. The molecule has 0 aliphatic carbocycles. The summed E-state index contributed by atoms with van der Waals surface area (Å²) in [6.45, 7) is 0. The van der Waals surface area contributed by atoms with Crippen molar-refractivity contribution in [3.63, 3.8) is 0 Å². The van der Waals surface area contributed by atoms with Crippen LogP contribution < -0.4 is 9.47 Å². The van der Waals surface area contributed by atoms with E-state index in [-0.39, 0.29) is 4.91 Å². The van der Waals surface area contributed by atoms with Gasteiger partial charge in [0.15, 0.2) is 11.5 Å². The van der Waals surface area contributed by atoms with Gasteiger partial charge in [-0.05, 0) is 52.7 Å². The number of aliphatic carboxylic acids is 1. The molecule has 0 heterocycles. The molecule has 0 aromatic heterocycles. The lowest BCUT2D eigenvalue weighted by atomic mass is 10.1. The van der Waals surface area contributed by atoms with Crippen molar-refractivity contribution in [1.82, 2.24) is 0 Å². The smallest absolute Gasteiger partial charge is 0.342 e. The van der Waals surface area contributed by atoms with Gasteiger partial charge in [-0.2, -0.15) is 0 Å². The SMILES string of the molecule is COc1cc2ccc(/C=C(\Sc3ccccc3)C(=O)O)cc2cc1OC. The minimum Gasteiger partial charge on any atom is -0.493 e. The zero-order valence-electron chi connectivity index (χ0n) is 14.4. The van der Waals surface area contributed by atoms with Crippen LogP contribution in [0.4, 0.5) is 0 Å². The van der Waals surface area contributed by atoms with Crippen molar-refractivity contribution in [3.05, 3.63) is 71.1 Å². The Hall–Kier alpha value is -2.92. The highest BCUT2D eigenvalue weighted by Gasteiger charge is 2.11. The Morgan fingerprint density at radius 1 is 0.923 bits per heavy atom. The number of carboxylic acid groups (broad SMARTS) is 1. The van der Waals surface area contributed by atoms with Crippen molar-refractivity contribution in [1.29, 1.82) is 0 Å². The van der Waals surface area contributed by atoms with Crippen LogP contribution in [0.3, 0.4) is 0 Å². The average molecular weight is 366 g/mol. The summed E-state index contributed by atoms with van der Waals surface area (Å²) < 4.78 is 10.7. The van der Waals surface area contributed by atoms with Crippen molar-refractivity contribution in [3.8, 4) is 11.5 Å². The summed E-state index contributed by atoms with van der Waals surface area (Å²) in [5, 5.41) is 11.5. The molecule has 1 N–H and O–H groups in total. The Labute approximate surface area is 156 Å². The molecule has 0 unspecified atom stereocenters. The van der Waals surface area contributed by atoms with Gasteiger partial charge >= 0.3 is 5.97 Å². The first-order valence-corrected chi connectivity index (χ1v) is 8.76. The monoisotopic (exact) mass is 366 g/mol. The van der Waals surface area contributed by atoms with Gasteiger partial charge in [-0.3, -0.25) is 0 Å².